The van der Waals surface area contributed by atoms with Gasteiger partial charge in [0.25, 0.3) is 0 Å². The van der Waals surface area contributed by atoms with Crippen LogP contribution in [0.3, 0.4) is 0 Å². The zero-order chi connectivity index (χ0) is 2.83. The summed E-state index contributed by atoms with van der Waals surface area (Å²) >= 11 is 0. The Morgan fingerprint density at radius 3 is 1.17 bits per heavy atom. The predicted octanol–water partition coefficient (Wildman–Crippen LogP) is 0.823. The Morgan fingerprint density at radius 1 is 1.00 bits per heavy atom. The lowest BCUT2D eigenvalue weighted by Crippen LogP contribution is -2.29. The highest BCUT2D eigenvalue weighted by Crippen LogP contribution is 1.80. The van der Waals surface area contributed by atoms with Gasteiger partial charge in [0.1, 0.15) is 0 Å². The van der Waals surface area contributed by atoms with E-state index in [1.54, 1.807) is 0 Å². The molecule has 0 unspecified atom stereocenters. The molecule has 0 saturated carbocycles. The van der Waals surface area contributed by atoms with Gasteiger partial charge in [0.15, 0.2) is 0 Å². The molecule has 0 spiro atoms. The van der Waals surface area contributed by atoms with Crippen LogP contribution in [0.15, 0.2) is 0 Å². The Bertz CT molecular complexity index is 16.8. The molecule has 1 N–H and O–H groups in total. The molecule has 0 aromatic heterocycles. The molecule has 0 radical (unpaired) electrons. The standard InChI is InChI=1S/C3H7N.2ClH/c1-2-4-3-1;;/h4H,1-3H2;2*1H. The molecule has 3 heteroatoms. The van der Waals surface area contributed by atoms with Crippen LogP contribution in [0.1, 0.15) is 6.42 Å². The first-order valence-corrected chi connectivity index (χ1v) is 1.71. The molecular weight excluding hydrogens is 121 g/mol. The van der Waals surface area contributed by atoms with E-state index >= 15 is 0 Å². The highest BCUT2D eigenvalue weighted by Gasteiger charge is 1.92. The Morgan fingerprint density at radius 2 is 1.17 bits per heavy atom. The van der Waals surface area contributed by atoms with Crippen molar-refractivity contribution in [2.24, 2.45) is 0 Å². The van der Waals surface area contributed by atoms with E-state index in [4.69, 9.17) is 0 Å². The van der Waals surface area contributed by atoms with Gasteiger partial charge in [0, 0.05) is 0 Å². The molecule has 6 heavy (non-hydrogen) atoms. The molecule has 1 heterocycles. The molecule has 0 aliphatic carbocycles. The molecule has 0 aromatic rings. The Kier molecular flexibility index (Phi) is 8.99. The molecule has 1 aliphatic rings. The number of halogens is 2. The molecule has 0 amide bonds. The van der Waals surface area contributed by atoms with Crippen molar-refractivity contribution in [3.8, 4) is 0 Å². The fourth-order valence-corrected chi connectivity index (χ4v) is 0.177. The second kappa shape index (κ2) is 5.54. The van der Waals surface area contributed by atoms with Gasteiger partial charge in [0.05, 0.1) is 0 Å². The number of rotatable bonds is 0. The largest absolute Gasteiger partial charge is 0.317 e. The van der Waals surface area contributed by atoms with Gasteiger partial charge in [-0.1, -0.05) is 0 Å². The molecule has 1 aliphatic heterocycles. The van der Waals surface area contributed by atoms with E-state index in [0.717, 1.165) is 0 Å². The van der Waals surface area contributed by atoms with E-state index < -0.39 is 0 Å². The number of hydrogen-bond donors (Lipinski definition) is 1. The fraction of sp³-hybridized carbons (Fsp3) is 1.00. The highest BCUT2D eigenvalue weighted by atomic mass is 35.5. The van der Waals surface area contributed by atoms with Gasteiger partial charge >= 0.3 is 0 Å². The maximum atomic E-state index is 3.11. The van der Waals surface area contributed by atoms with Crippen LogP contribution in [0.5, 0.6) is 0 Å². The maximum Gasteiger partial charge on any atom is -0.00368 e. The summed E-state index contributed by atoms with van der Waals surface area (Å²) < 4.78 is 0. The van der Waals surface area contributed by atoms with Crippen LogP contribution in [0.2, 0.25) is 0 Å². The van der Waals surface area contributed by atoms with Crippen LogP contribution in [-0.4, -0.2) is 13.1 Å². The summed E-state index contributed by atoms with van der Waals surface area (Å²) in [7, 11) is 0. The SMILES string of the molecule is C1CNC1.Cl.Cl. The average molecular weight is 130 g/mol. The Hall–Kier alpha value is 0.540. The minimum Gasteiger partial charge on any atom is -0.317 e. The van der Waals surface area contributed by atoms with Crippen LogP contribution in [-0.2, 0) is 0 Å². The molecule has 0 aromatic carbocycles. The predicted molar refractivity (Wildman–Crippen MR) is 32.0 cm³/mol. The van der Waals surface area contributed by atoms with Gasteiger partial charge in [-0.15, -0.1) is 24.8 Å². The monoisotopic (exact) mass is 129 g/mol. The van der Waals surface area contributed by atoms with Gasteiger partial charge in [0.2, 0.25) is 0 Å². The topological polar surface area (TPSA) is 12.0 Å². The van der Waals surface area contributed by atoms with Gasteiger partial charge in [-0.25, -0.2) is 0 Å². The highest BCUT2D eigenvalue weighted by molar-refractivity contribution is 5.85. The normalized spacial score (nSPS) is 16.0. The minimum atomic E-state index is 0. The summed E-state index contributed by atoms with van der Waals surface area (Å²) in [5, 5.41) is 3.11. The third-order valence-corrected chi connectivity index (χ3v) is 0.707. The van der Waals surface area contributed by atoms with Crippen molar-refractivity contribution in [1.82, 2.24) is 5.32 Å². The van der Waals surface area contributed by atoms with E-state index in [1.807, 2.05) is 0 Å². The molecular formula is C3H9Cl2N. The summed E-state index contributed by atoms with van der Waals surface area (Å²) in [6.45, 7) is 2.50. The van der Waals surface area contributed by atoms with E-state index in [9.17, 15) is 0 Å². The van der Waals surface area contributed by atoms with E-state index in [-0.39, 0.29) is 24.8 Å². The van der Waals surface area contributed by atoms with E-state index in [2.05, 4.69) is 5.32 Å². The van der Waals surface area contributed by atoms with Crippen molar-refractivity contribution in [2.75, 3.05) is 13.1 Å². The van der Waals surface area contributed by atoms with Crippen LogP contribution < -0.4 is 5.32 Å². The number of hydrogen-bond acceptors (Lipinski definition) is 1. The van der Waals surface area contributed by atoms with Crippen LogP contribution in [0.25, 0.3) is 0 Å². The summed E-state index contributed by atoms with van der Waals surface area (Å²) in [5.74, 6) is 0. The lowest BCUT2D eigenvalue weighted by atomic mass is 10.3. The lowest BCUT2D eigenvalue weighted by molar-refractivity contribution is 0.527. The molecule has 1 fully saturated rings. The van der Waals surface area contributed by atoms with Gasteiger partial charge in [-0.3, -0.25) is 0 Å². The van der Waals surface area contributed by atoms with Crippen molar-refractivity contribution < 1.29 is 0 Å². The third-order valence-electron chi connectivity index (χ3n) is 0.707. The first-order valence-electron chi connectivity index (χ1n) is 1.71. The molecule has 1 rings (SSSR count). The van der Waals surface area contributed by atoms with Gasteiger partial charge < -0.3 is 5.32 Å². The Labute approximate surface area is 50.3 Å². The van der Waals surface area contributed by atoms with E-state index in [0.29, 0.717) is 0 Å². The average Bonchev–Trinajstić information content (AvgIpc) is 0.722. The second-order valence-corrected chi connectivity index (χ2v) is 1.10. The minimum absolute atomic E-state index is 0. The van der Waals surface area contributed by atoms with Crippen molar-refractivity contribution in [3.63, 3.8) is 0 Å². The Balaban J connectivity index is 0. The van der Waals surface area contributed by atoms with Crippen LogP contribution in [0.4, 0.5) is 0 Å². The molecule has 1 saturated heterocycles. The maximum absolute atomic E-state index is 3.11. The first-order chi connectivity index (χ1) is 2.00. The first kappa shape index (κ1) is 9.74. The quantitative estimate of drug-likeness (QED) is 0.511. The van der Waals surface area contributed by atoms with Crippen molar-refractivity contribution in [1.29, 1.82) is 0 Å². The molecule has 1 nitrogen and oxygen atoms in total. The van der Waals surface area contributed by atoms with E-state index in [1.165, 1.54) is 19.5 Å². The van der Waals surface area contributed by atoms with Crippen molar-refractivity contribution in [2.45, 2.75) is 6.42 Å². The lowest BCUT2D eigenvalue weighted by Gasteiger charge is -2.09. The summed E-state index contributed by atoms with van der Waals surface area (Å²) in [4.78, 5) is 0. The smallest absolute Gasteiger partial charge is 0.00368 e. The fourth-order valence-electron chi connectivity index (χ4n) is 0.177. The summed E-state index contributed by atoms with van der Waals surface area (Å²) in [6, 6.07) is 0. The van der Waals surface area contributed by atoms with Gasteiger partial charge in [-0.05, 0) is 19.5 Å². The van der Waals surface area contributed by atoms with Crippen molar-refractivity contribution >= 4 is 24.8 Å². The summed E-state index contributed by atoms with van der Waals surface area (Å²) in [5.41, 5.74) is 0. The van der Waals surface area contributed by atoms with Crippen molar-refractivity contribution in [3.05, 3.63) is 0 Å². The zero-order valence-electron chi connectivity index (χ0n) is 3.44. The molecule has 0 bridgehead atoms. The molecule has 40 valence electrons. The third kappa shape index (κ3) is 2.76. The summed E-state index contributed by atoms with van der Waals surface area (Å²) in [6.07, 6.45) is 1.39. The van der Waals surface area contributed by atoms with Crippen LogP contribution in [0, 0.1) is 0 Å². The van der Waals surface area contributed by atoms with Gasteiger partial charge in [-0.2, -0.15) is 0 Å². The second-order valence-electron chi connectivity index (χ2n) is 1.10. The zero-order valence-corrected chi connectivity index (χ0v) is 5.07. The number of nitrogens with one attached hydrogen (secondary N) is 1. The van der Waals surface area contributed by atoms with Crippen LogP contribution >= 0.6 is 24.8 Å². The molecule has 0 atom stereocenters.